The highest BCUT2D eigenvalue weighted by Crippen LogP contribution is 2.39. The van der Waals surface area contributed by atoms with Crippen LogP contribution in [0.3, 0.4) is 0 Å². The van der Waals surface area contributed by atoms with E-state index in [0.717, 1.165) is 28.0 Å². The van der Waals surface area contributed by atoms with E-state index in [4.69, 9.17) is 9.47 Å². The van der Waals surface area contributed by atoms with Gasteiger partial charge in [-0.15, -0.1) is 0 Å². The van der Waals surface area contributed by atoms with Crippen LogP contribution in [0, 0.1) is 0 Å². The van der Waals surface area contributed by atoms with Crippen LogP contribution in [0.5, 0.6) is 5.75 Å². The minimum Gasteiger partial charge on any atom is -0.497 e. The average Bonchev–Trinajstić information content (AvgIpc) is 2.98. The smallest absolute Gasteiger partial charge is 0.137 e. The van der Waals surface area contributed by atoms with Crippen LogP contribution < -0.4 is 4.74 Å². The molecule has 0 aromatic heterocycles. The van der Waals surface area contributed by atoms with Gasteiger partial charge < -0.3 is 14.6 Å². The number of hydrogen-bond acceptors (Lipinski definition) is 3. The Hall–Kier alpha value is -2.10. The number of benzene rings is 2. The molecule has 1 atom stereocenters. The lowest BCUT2D eigenvalue weighted by molar-refractivity contribution is 0.0401. The summed E-state index contributed by atoms with van der Waals surface area (Å²) in [5, 5.41) is 11.1. The van der Waals surface area contributed by atoms with Crippen molar-refractivity contribution < 1.29 is 14.6 Å². The van der Waals surface area contributed by atoms with Crippen LogP contribution in [0.25, 0.3) is 5.57 Å². The van der Waals surface area contributed by atoms with E-state index in [-0.39, 0.29) is 0 Å². The third-order valence-electron chi connectivity index (χ3n) is 4.28. The van der Waals surface area contributed by atoms with Gasteiger partial charge in [-0.3, -0.25) is 0 Å². The van der Waals surface area contributed by atoms with E-state index in [0.29, 0.717) is 13.2 Å². The molecule has 0 bridgehead atoms. The molecule has 0 spiro atoms. The van der Waals surface area contributed by atoms with Crippen molar-refractivity contribution in [2.24, 2.45) is 0 Å². The quantitative estimate of drug-likeness (QED) is 0.943. The number of allylic oxidation sites excluding steroid dienone is 1. The Labute approximate surface area is 130 Å². The van der Waals surface area contributed by atoms with Gasteiger partial charge in [0.05, 0.1) is 20.3 Å². The Morgan fingerprint density at radius 3 is 2.41 bits per heavy atom. The largest absolute Gasteiger partial charge is 0.497 e. The number of rotatable bonds is 3. The lowest BCUT2D eigenvalue weighted by Crippen LogP contribution is -2.28. The van der Waals surface area contributed by atoms with E-state index in [2.05, 4.69) is 0 Å². The van der Waals surface area contributed by atoms with E-state index in [1.165, 1.54) is 0 Å². The zero-order valence-corrected chi connectivity index (χ0v) is 12.9. The van der Waals surface area contributed by atoms with Crippen molar-refractivity contribution in [3.05, 3.63) is 71.3 Å². The molecule has 1 aliphatic rings. The molecule has 1 heterocycles. The Morgan fingerprint density at radius 1 is 1.09 bits per heavy atom. The maximum atomic E-state index is 11.1. The van der Waals surface area contributed by atoms with Crippen LogP contribution >= 0.6 is 0 Å². The SMILES string of the molecule is COc1ccc(/C(C)=C2\COC[C@]2(O)c2ccccc2)cc1. The summed E-state index contributed by atoms with van der Waals surface area (Å²) in [6.45, 7) is 2.77. The molecule has 1 fully saturated rings. The second-order valence-electron chi connectivity index (χ2n) is 5.55. The minimum atomic E-state index is -1.05. The number of hydrogen-bond donors (Lipinski definition) is 1. The summed E-state index contributed by atoms with van der Waals surface area (Å²) in [5.74, 6) is 0.822. The maximum Gasteiger partial charge on any atom is 0.137 e. The van der Waals surface area contributed by atoms with Crippen LogP contribution in [0.15, 0.2) is 60.2 Å². The lowest BCUT2D eigenvalue weighted by atomic mass is 9.84. The Morgan fingerprint density at radius 2 is 1.77 bits per heavy atom. The zero-order chi connectivity index (χ0) is 15.6. The molecule has 3 rings (SSSR count). The monoisotopic (exact) mass is 296 g/mol. The van der Waals surface area contributed by atoms with Gasteiger partial charge in [0, 0.05) is 0 Å². The molecule has 3 nitrogen and oxygen atoms in total. The molecule has 0 radical (unpaired) electrons. The standard InChI is InChI=1S/C19H20O3/c1-14(15-8-10-17(21-2)11-9-15)18-12-22-13-19(18,20)16-6-4-3-5-7-16/h3-11,20H,12-13H2,1-2H3/b18-14+/t19-/m0/s1. The Balaban J connectivity index is 2.03. The second-order valence-corrected chi connectivity index (χ2v) is 5.55. The van der Waals surface area contributed by atoms with Crippen molar-refractivity contribution in [1.82, 2.24) is 0 Å². The molecule has 0 amide bonds. The van der Waals surface area contributed by atoms with Crippen LogP contribution in [0.2, 0.25) is 0 Å². The molecular formula is C19H20O3. The van der Waals surface area contributed by atoms with E-state index in [1.807, 2.05) is 61.5 Å². The van der Waals surface area contributed by atoms with Crippen molar-refractivity contribution in [2.75, 3.05) is 20.3 Å². The first kappa shape index (κ1) is 14.8. The molecule has 1 N–H and O–H groups in total. The van der Waals surface area contributed by atoms with Gasteiger partial charge in [0.25, 0.3) is 0 Å². The summed E-state index contributed by atoms with van der Waals surface area (Å²) < 4.78 is 10.8. The predicted molar refractivity (Wildman–Crippen MR) is 86.7 cm³/mol. The topological polar surface area (TPSA) is 38.7 Å². The van der Waals surface area contributed by atoms with E-state index in [9.17, 15) is 5.11 Å². The Bertz CT molecular complexity index is 674. The first-order valence-electron chi connectivity index (χ1n) is 7.35. The summed E-state index contributed by atoms with van der Waals surface area (Å²) >= 11 is 0. The van der Waals surface area contributed by atoms with Crippen molar-refractivity contribution in [3.63, 3.8) is 0 Å². The van der Waals surface area contributed by atoms with Gasteiger partial charge in [0.2, 0.25) is 0 Å². The van der Waals surface area contributed by atoms with E-state index in [1.54, 1.807) is 7.11 Å². The van der Waals surface area contributed by atoms with Gasteiger partial charge in [-0.2, -0.15) is 0 Å². The van der Waals surface area contributed by atoms with Crippen molar-refractivity contribution in [3.8, 4) is 5.75 Å². The summed E-state index contributed by atoms with van der Waals surface area (Å²) in [4.78, 5) is 0. The molecule has 2 aromatic rings. The minimum absolute atomic E-state index is 0.292. The molecule has 114 valence electrons. The molecule has 3 heteroatoms. The number of methoxy groups -OCH3 is 1. The highest BCUT2D eigenvalue weighted by Gasteiger charge is 2.40. The zero-order valence-electron chi connectivity index (χ0n) is 12.9. The highest BCUT2D eigenvalue weighted by molar-refractivity contribution is 5.70. The van der Waals surface area contributed by atoms with Gasteiger partial charge in [0.1, 0.15) is 11.4 Å². The molecule has 1 aliphatic heterocycles. The third-order valence-corrected chi connectivity index (χ3v) is 4.28. The fourth-order valence-corrected chi connectivity index (χ4v) is 2.91. The van der Waals surface area contributed by atoms with Crippen LogP contribution in [0.1, 0.15) is 18.1 Å². The third kappa shape index (κ3) is 2.54. The van der Waals surface area contributed by atoms with Crippen LogP contribution in [0.4, 0.5) is 0 Å². The molecule has 2 aromatic carbocycles. The Kier molecular flexibility index (Phi) is 4.01. The van der Waals surface area contributed by atoms with Gasteiger partial charge in [-0.25, -0.2) is 0 Å². The van der Waals surface area contributed by atoms with Crippen molar-refractivity contribution >= 4 is 5.57 Å². The van der Waals surface area contributed by atoms with Gasteiger partial charge in [-0.05, 0) is 41.3 Å². The maximum absolute atomic E-state index is 11.1. The van der Waals surface area contributed by atoms with Crippen LogP contribution in [-0.2, 0) is 10.3 Å². The van der Waals surface area contributed by atoms with Gasteiger partial charge in [-0.1, -0.05) is 42.5 Å². The second kappa shape index (κ2) is 5.95. The molecule has 0 aliphatic carbocycles. The normalized spacial score (nSPS) is 23.4. The number of ether oxygens (including phenoxy) is 2. The summed E-state index contributed by atoms with van der Waals surface area (Å²) in [6.07, 6.45) is 0. The first-order valence-corrected chi connectivity index (χ1v) is 7.35. The molecule has 22 heavy (non-hydrogen) atoms. The van der Waals surface area contributed by atoms with Crippen molar-refractivity contribution in [2.45, 2.75) is 12.5 Å². The molecular weight excluding hydrogens is 276 g/mol. The fraction of sp³-hybridized carbons (Fsp3) is 0.263. The molecule has 1 saturated heterocycles. The highest BCUT2D eigenvalue weighted by atomic mass is 16.5. The summed E-state index contributed by atoms with van der Waals surface area (Å²) in [5.41, 5.74) is 2.85. The number of aliphatic hydroxyl groups is 1. The predicted octanol–water partition coefficient (Wildman–Crippen LogP) is 3.39. The molecule has 0 unspecified atom stereocenters. The van der Waals surface area contributed by atoms with Gasteiger partial charge >= 0.3 is 0 Å². The van der Waals surface area contributed by atoms with E-state index < -0.39 is 5.60 Å². The summed E-state index contributed by atoms with van der Waals surface area (Å²) in [7, 11) is 1.65. The average molecular weight is 296 g/mol. The van der Waals surface area contributed by atoms with Gasteiger partial charge in [0.15, 0.2) is 0 Å². The lowest BCUT2D eigenvalue weighted by Gasteiger charge is -2.25. The summed E-state index contributed by atoms with van der Waals surface area (Å²) in [6, 6.07) is 17.6. The van der Waals surface area contributed by atoms with Crippen molar-refractivity contribution in [1.29, 1.82) is 0 Å². The van der Waals surface area contributed by atoms with Crippen LogP contribution in [-0.4, -0.2) is 25.4 Å². The molecule has 0 saturated carbocycles. The van der Waals surface area contributed by atoms with E-state index >= 15 is 0 Å². The fourth-order valence-electron chi connectivity index (χ4n) is 2.91. The first-order chi connectivity index (χ1) is 10.6.